The molecule has 6 nitrogen and oxygen atoms in total. The molecule has 3 N–H and O–H groups in total. The molecule has 0 aliphatic heterocycles. The molecule has 0 aliphatic carbocycles. The van der Waals surface area contributed by atoms with Crippen molar-refractivity contribution in [2.45, 2.75) is 0 Å². The maximum Gasteiger partial charge on any atom is 1.00 e. The van der Waals surface area contributed by atoms with Crippen LogP contribution in [0.5, 0.6) is 0 Å². The first-order valence-electron chi connectivity index (χ1n) is 1.25. The Labute approximate surface area is 58.6 Å². The minimum atomic E-state index is -1.85. The fourth-order valence-corrected chi connectivity index (χ4v) is 0.0577. The molecule has 0 saturated carbocycles. The van der Waals surface area contributed by atoms with Crippen LogP contribution in [0.1, 0.15) is 1.43 Å². The summed E-state index contributed by atoms with van der Waals surface area (Å²) in [6, 6.07) is 0. The standard InChI is InChI=1S/BH3O6.Li.H/c2-5-1(6-3)7-4;;/h2-4H;;/q;+1;-1. The molecule has 0 fully saturated rings. The summed E-state index contributed by atoms with van der Waals surface area (Å²) in [6.45, 7) is 0. The van der Waals surface area contributed by atoms with Gasteiger partial charge in [-0.15, -0.1) is 0 Å². The number of rotatable bonds is 3. The van der Waals surface area contributed by atoms with Crippen molar-refractivity contribution in [3.63, 3.8) is 0 Å². The molecule has 8 heteroatoms. The normalized spacial score (nSPS) is 7.88. The molecule has 0 aliphatic rings. The minimum Gasteiger partial charge on any atom is -1.00 e. The second kappa shape index (κ2) is 7.42. The van der Waals surface area contributed by atoms with Crippen molar-refractivity contribution in [1.82, 2.24) is 0 Å². The molecule has 0 radical (unpaired) electrons. The van der Waals surface area contributed by atoms with E-state index in [0.717, 1.165) is 0 Å². The van der Waals surface area contributed by atoms with Gasteiger partial charge in [0.2, 0.25) is 0 Å². The first kappa shape index (κ1) is 11.2. The van der Waals surface area contributed by atoms with Crippen molar-refractivity contribution >= 4 is 7.32 Å². The zero-order chi connectivity index (χ0) is 5.70. The number of hydrogen-bond donors (Lipinski definition) is 3. The number of hydrogen-bond acceptors (Lipinski definition) is 6. The Kier molecular flexibility index (Phi) is 10.4. The largest absolute Gasteiger partial charge is 1.00 e. The molecule has 0 amide bonds. The van der Waals surface area contributed by atoms with Crippen LogP contribution < -0.4 is 18.9 Å². The molecular formula is H4BLiO6. The van der Waals surface area contributed by atoms with E-state index in [2.05, 4.69) is 14.4 Å². The van der Waals surface area contributed by atoms with Crippen LogP contribution in [0.25, 0.3) is 0 Å². The van der Waals surface area contributed by atoms with Crippen molar-refractivity contribution in [2.75, 3.05) is 0 Å². The van der Waals surface area contributed by atoms with Crippen molar-refractivity contribution in [1.29, 1.82) is 0 Å². The van der Waals surface area contributed by atoms with E-state index < -0.39 is 7.32 Å². The first-order chi connectivity index (χ1) is 3.35. The molecule has 0 heterocycles. The Morgan fingerprint density at radius 1 is 1.00 bits per heavy atom. The molecule has 0 atom stereocenters. The van der Waals surface area contributed by atoms with Gasteiger partial charge in [0.1, 0.15) is 0 Å². The van der Waals surface area contributed by atoms with Crippen molar-refractivity contribution in [2.24, 2.45) is 0 Å². The van der Waals surface area contributed by atoms with Gasteiger partial charge in [0.15, 0.2) is 0 Å². The Balaban J connectivity index is -0.000000180. The summed E-state index contributed by atoms with van der Waals surface area (Å²) in [5.74, 6) is 0. The Morgan fingerprint density at radius 3 is 1.25 bits per heavy atom. The Bertz CT molecular complexity index is 34.5. The predicted octanol–water partition coefficient (Wildman–Crippen LogP) is -3.44. The second-order valence-electron chi connectivity index (χ2n) is 0.605. The van der Waals surface area contributed by atoms with Crippen LogP contribution in [0.4, 0.5) is 0 Å². The third-order valence-electron chi connectivity index (χ3n) is 0.258. The zero-order valence-corrected chi connectivity index (χ0v) is 4.14. The Hall–Kier alpha value is 0.422. The van der Waals surface area contributed by atoms with E-state index in [1.807, 2.05) is 0 Å². The van der Waals surface area contributed by atoms with Gasteiger partial charge in [-0.05, 0) is 0 Å². The smallest absolute Gasteiger partial charge is 1.00 e. The fourth-order valence-electron chi connectivity index (χ4n) is 0.0577. The average Bonchev–Trinajstić information content (AvgIpc) is 1.72. The quantitative estimate of drug-likeness (QED) is 0.203. The minimum absolute atomic E-state index is 0. The molecule has 0 unspecified atom stereocenters. The van der Waals surface area contributed by atoms with Gasteiger partial charge in [-0.1, -0.05) is 0 Å². The summed E-state index contributed by atoms with van der Waals surface area (Å²) in [5.41, 5.74) is 0. The monoisotopic (exact) mass is 118 g/mol. The second-order valence-corrected chi connectivity index (χ2v) is 0.605. The molecular weight excluding hydrogens is 114 g/mol. The molecule has 0 spiro atoms. The van der Waals surface area contributed by atoms with E-state index in [1.54, 1.807) is 0 Å². The van der Waals surface area contributed by atoms with E-state index in [-0.39, 0.29) is 20.3 Å². The third-order valence-corrected chi connectivity index (χ3v) is 0.258. The summed E-state index contributed by atoms with van der Waals surface area (Å²) in [4.78, 5) is 9.31. The van der Waals surface area contributed by atoms with Crippen LogP contribution in [-0.2, 0) is 14.4 Å². The van der Waals surface area contributed by atoms with Gasteiger partial charge in [0, 0.05) is 0 Å². The van der Waals surface area contributed by atoms with Gasteiger partial charge >= 0.3 is 26.2 Å². The molecule has 0 bridgehead atoms. The zero-order valence-electron chi connectivity index (χ0n) is 5.14. The van der Waals surface area contributed by atoms with Crippen LogP contribution in [0.15, 0.2) is 0 Å². The SMILES string of the molecule is OOB(OO)OO.[H-].[Li+]. The summed E-state index contributed by atoms with van der Waals surface area (Å²) in [5, 5.41) is 22.4. The topological polar surface area (TPSA) is 88.4 Å². The van der Waals surface area contributed by atoms with Gasteiger partial charge < -0.3 is 1.43 Å². The Morgan fingerprint density at radius 2 is 1.25 bits per heavy atom. The van der Waals surface area contributed by atoms with Crippen molar-refractivity contribution in [3.05, 3.63) is 0 Å². The van der Waals surface area contributed by atoms with Crippen LogP contribution in [0.3, 0.4) is 0 Å². The fraction of sp³-hybridized carbons (Fsp3) is 0. The van der Waals surface area contributed by atoms with E-state index >= 15 is 0 Å². The van der Waals surface area contributed by atoms with Gasteiger partial charge in [-0.2, -0.15) is 0 Å². The van der Waals surface area contributed by atoms with Gasteiger partial charge in [-0.3, -0.25) is 15.8 Å². The van der Waals surface area contributed by atoms with E-state index in [9.17, 15) is 0 Å². The summed E-state index contributed by atoms with van der Waals surface area (Å²) in [7, 11) is -1.85. The van der Waals surface area contributed by atoms with Crippen LogP contribution in [0.2, 0.25) is 0 Å². The van der Waals surface area contributed by atoms with E-state index in [0.29, 0.717) is 0 Å². The van der Waals surface area contributed by atoms with E-state index in [4.69, 9.17) is 15.8 Å². The summed E-state index contributed by atoms with van der Waals surface area (Å²) < 4.78 is 0. The van der Waals surface area contributed by atoms with Crippen LogP contribution in [-0.4, -0.2) is 23.1 Å². The average molecular weight is 118 g/mol. The molecule has 0 rings (SSSR count). The van der Waals surface area contributed by atoms with Gasteiger partial charge in [0.25, 0.3) is 0 Å². The molecule has 0 aromatic heterocycles. The van der Waals surface area contributed by atoms with Gasteiger partial charge in [-0.25, -0.2) is 14.4 Å². The molecule has 0 aromatic rings. The third kappa shape index (κ3) is 4.58. The van der Waals surface area contributed by atoms with Crippen molar-refractivity contribution in [3.8, 4) is 0 Å². The van der Waals surface area contributed by atoms with E-state index in [1.165, 1.54) is 0 Å². The summed E-state index contributed by atoms with van der Waals surface area (Å²) >= 11 is 0. The van der Waals surface area contributed by atoms with Gasteiger partial charge in [0.05, 0.1) is 0 Å². The van der Waals surface area contributed by atoms with Crippen LogP contribution >= 0.6 is 0 Å². The van der Waals surface area contributed by atoms with Crippen molar-refractivity contribution < 1.29 is 50.5 Å². The summed E-state index contributed by atoms with van der Waals surface area (Å²) in [6.07, 6.45) is 0. The predicted molar refractivity (Wildman–Crippen MR) is 18.0 cm³/mol. The maximum atomic E-state index is 7.46. The molecule has 0 saturated heterocycles. The first-order valence-corrected chi connectivity index (χ1v) is 1.25. The molecule has 8 heavy (non-hydrogen) atoms. The maximum absolute atomic E-state index is 7.46. The van der Waals surface area contributed by atoms with Crippen LogP contribution in [0, 0.1) is 0 Å². The molecule has 0 aromatic carbocycles. The molecule has 44 valence electrons.